The summed E-state index contributed by atoms with van der Waals surface area (Å²) in [5.74, 6) is 4.06. The Labute approximate surface area is 114 Å². The summed E-state index contributed by atoms with van der Waals surface area (Å²) < 4.78 is 37.2. The number of carbonyl (C=O) groups excluding carboxylic acids is 1. The first-order valence-corrected chi connectivity index (χ1v) is 5.78. The van der Waals surface area contributed by atoms with Crippen molar-refractivity contribution in [3.05, 3.63) is 29.6 Å². The zero-order valence-corrected chi connectivity index (χ0v) is 10.7. The van der Waals surface area contributed by atoms with Gasteiger partial charge in [-0.3, -0.25) is 9.78 Å². The van der Waals surface area contributed by atoms with Gasteiger partial charge in [-0.25, -0.2) is 0 Å². The fraction of sp³-hybridized carbons (Fsp3) is 0.385. The van der Waals surface area contributed by atoms with Crippen LogP contribution in [0.5, 0.6) is 0 Å². The Morgan fingerprint density at radius 1 is 1.50 bits per heavy atom. The molecule has 1 aromatic rings. The first-order chi connectivity index (χ1) is 9.39. The smallest absolute Gasteiger partial charge is 0.384 e. The van der Waals surface area contributed by atoms with E-state index < -0.39 is 25.2 Å². The molecule has 1 rings (SSSR count). The van der Waals surface area contributed by atoms with Gasteiger partial charge in [0.05, 0.1) is 11.1 Å². The van der Waals surface area contributed by atoms with E-state index in [1.165, 1.54) is 25.4 Å². The van der Waals surface area contributed by atoms with E-state index >= 15 is 0 Å². The molecule has 1 N–H and O–H groups in total. The first-order valence-electron chi connectivity index (χ1n) is 5.78. The SMILES string of the molecule is CCN(CC(F)(F)F)C(=O)c1ccncc1C#CCO. The van der Waals surface area contributed by atoms with Gasteiger partial charge in [-0.1, -0.05) is 11.8 Å². The maximum absolute atomic E-state index is 12.4. The molecule has 0 aliphatic carbocycles. The number of pyridine rings is 1. The molecular formula is C13H13F3N2O2. The number of aromatic nitrogens is 1. The molecule has 108 valence electrons. The van der Waals surface area contributed by atoms with Gasteiger partial charge in [-0.2, -0.15) is 13.2 Å². The molecule has 1 heterocycles. The van der Waals surface area contributed by atoms with Gasteiger partial charge in [0.25, 0.3) is 5.91 Å². The third-order valence-corrected chi connectivity index (χ3v) is 2.39. The summed E-state index contributed by atoms with van der Waals surface area (Å²) >= 11 is 0. The normalized spacial score (nSPS) is 10.7. The van der Waals surface area contributed by atoms with Crippen LogP contribution in [0.2, 0.25) is 0 Å². The van der Waals surface area contributed by atoms with Gasteiger partial charge in [0, 0.05) is 18.9 Å². The number of rotatable bonds is 3. The number of amides is 1. The highest BCUT2D eigenvalue weighted by atomic mass is 19.4. The van der Waals surface area contributed by atoms with Gasteiger partial charge in [0.2, 0.25) is 0 Å². The third kappa shape index (κ3) is 4.55. The van der Waals surface area contributed by atoms with E-state index in [0.29, 0.717) is 4.90 Å². The number of aliphatic hydroxyl groups excluding tert-OH is 1. The number of nitrogens with zero attached hydrogens (tertiary/aromatic N) is 2. The zero-order valence-electron chi connectivity index (χ0n) is 10.7. The molecule has 0 spiro atoms. The van der Waals surface area contributed by atoms with E-state index in [1.54, 1.807) is 0 Å². The minimum Gasteiger partial charge on any atom is -0.384 e. The number of alkyl halides is 3. The predicted octanol–water partition coefficient (Wildman–Crippen LogP) is 1.45. The van der Waals surface area contributed by atoms with Crippen molar-refractivity contribution in [1.82, 2.24) is 9.88 Å². The molecule has 7 heteroatoms. The van der Waals surface area contributed by atoms with Gasteiger partial charge in [0.15, 0.2) is 0 Å². The highest BCUT2D eigenvalue weighted by Crippen LogP contribution is 2.18. The molecule has 0 saturated carbocycles. The number of hydrogen-bond acceptors (Lipinski definition) is 3. The first kappa shape index (κ1) is 16.0. The van der Waals surface area contributed by atoms with Crippen LogP contribution in [0.15, 0.2) is 18.5 Å². The highest BCUT2D eigenvalue weighted by Gasteiger charge is 2.33. The van der Waals surface area contributed by atoms with Crippen LogP contribution in [-0.4, -0.2) is 46.8 Å². The molecule has 0 aliphatic heterocycles. The number of hydrogen-bond donors (Lipinski definition) is 1. The fourth-order valence-electron chi connectivity index (χ4n) is 1.53. The quantitative estimate of drug-likeness (QED) is 0.856. The molecule has 0 atom stereocenters. The van der Waals surface area contributed by atoms with E-state index in [2.05, 4.69) is 16.8 Å². The third-order valence-electron chi connectivity index (χ3n) is 2.39. The molecule has 4 nitrogen and oxygen atoms in total. The lowest BCUT2D eigenvalue weighted by atomic mass is 10.1. The van der Waals surface area contributed by atoms with Crippen molar-refractivity contribution in [2.45, 2.75) is 13.1 Å². The molecule has 0 fully saturated rings. The summed E-state index contributed by atoms with van der Waals surface area (Å²) in [6, 6.07) is 1.31. The van der Waals surface area contributed by atoms with Crippen molar-refractivity contribution in [2.24, 2.45) is 0 Å². The van der Waals surface area contributed by atoms with E-state index in [4.69, 9.17) is 5.11 Å². The lowest BCUT2D eigenvalue weighted by molar-refractivity contribution is -0.140. The maximum atomic E-state index is 12.4. The molecule has 0 bridgehead atoms. The summed E-state index contributed by atoms with van der Waals surface area (Å²) in [6.45, 7) is -0.350. The van der Waals surface area contributed by atoms with Gasteiger partial charge < -0.3 is 10.0 Å². The minimum atomic E-state index is -4.46. The zero-order chi connectivity index (χ0) is 15.2. The van der Waals surface area contributed by atoms with Crippen LogP contribution in [0.1, 0.15) is 22.8 Å². The standard InChI is InChI=1S/C13H13F3N2O2/c1-2-18(9-13(14,15)16)12(20)11-5-6-17-8-10(11)4-3-7-19/h5-6,8,19H,2,7,9H2,1H3. The van der Waals surface area contributed by atoms with E-state index in [-0.39, 0.29) is 17.7 Å². The summed E-state index contributed by atoms with van der Waals surface area (Å²) in [4.78, 5) is 16.5. The van der Waals surface area contributed by atoms with Crippen LogP contribution in [0.25, 0.3) is 0 Å². The van der Waals surface area contributed by atoms with E-state index in [0.717, 1.165) is 0 Å². The topological polar surface area (TPSA) is 53.4 Å². The van der Waals surface area contributed by atoms with Crippen LogP contribution in [0.3, 0.4) is 0 Å². The molecular weight excluding hydrogens is 273 g/mol. The largest absolute Gasteiger partial charge is 0.406 e. The van der Waals surface area contributed by atoms with Crippen LogP contribution < -0.4 is 0 Å². The molecule has 0 aromatic carbocycles. The van der Waals surface area contributed by atoms with Crippen molar-refractivity contribution in [3.63, 3.8) is 0 Å². The van der Waals surface area contributed by atoms with Crippen LogP contribution >= 0.6 is 0 Å². The Bertz CT molecular complexity index is 532. The van der Waals surface area contributed by atoms with Crippen molar-refractivity contribution in [2.75, 3.05) is 19.7 Å². The van der Waals surface area contributed by atoms with E-state index in [1.807, 2.05) is 0 Å². The molecule has 0 unspecified atom stereocenters. The average molecular weight is 286 g/mol. The second kappa shape index (κ2) is 6.91. The van der Waals surface area contributed by atoms with Crippen molar-refractivity contribution >= 4 is 5.91 Å². The van der Waals surface area contributed by atoms with Crippen molar-refractivity contribution in [1.29, 1.82) is 0 Å². The van der Waals surface area contributed by atoms with E-state index in [9.17, 15) is 18.0 Å². The minimum absolute atomic E-state index is 0.0343. The average Bonchev–Trinajstić information content (AvgIpc) is 2.41. The molecule has 0 radical (unpaired) electrons. The molecule has 20 heavy (non-hydrogen) atoms. The lowest BCUT2D eigenvalue weighted by Crippen LogP contribution is -2.39. The Hall–Kier alpha value is -2.07. The number of carbonyl (C=O) groups is 1. The number of aliphatic hydroxyl groups is 1. The monoisotopic (exact) mass is 286 g/mol. The maximum Gasteiger partial charge on any atom is 0.406 e. The summed E-state index contributed by atoms with van der Waals surface area (Å²) in [5.41, 5.74) is 0.222. The Balaban J connectivity index is 3.07. The fourth-order valence-corrected chi connectivity index (χ4v) is 1.53. The molecule has 1 aromatic heterocycles. The van der Waals surface area contributed by atoms with Crippen LogP contribution in [-0.2, 0) is 0 Å². The molecule has 0 aliphatic rings. The second-order valence-corrected chi connectivity index (χ2v) is 3.82. The molecule has 1 amide bonds. The summed E-state index contributed by atoms with van der Waals surface area (Å²) in [6.07, 6.45) is -1.88. The van der Waals surface area contributed by atoms with Crippen molar-refractivity contribution < 1.29 is 23.1 Å². The highest BCUT2D eigenvalue weighted by molar-refractivity contribution is 5.96. The van der Waals surface area contributed by atoms with Crippen LogP contribution in [0, 0.1) is 11.8 Å². The summed E-state index contributed by atoms with van der Waals surface area (Å²) in [7, 11) is 0. The van der Waals surface area contributed by atoms with Crippen LogP contribution in [0.4, 0.5) is 13.2 Å². The second-order valence-electron chi connectivity index (χ2n) is 3.82. The Kier molecular flexibility index (Phi) is 5.53. The molecule has 0 saturated heterocycles. The van der Waals surface area contributed by atoms with Crippen molar-refractivity contribution in [3.8, 4) is 11.8 Å². The van der Waals surface area contributed by atoms with Gasteiger partial charge in [0.1, 0.15) is 13.2 Å². The summed E-state index contributed by atoms with van der Waals surface area (Å²) in [5, 5.41) is 8.63. The van der Waals surface area contributed by atoms with Gasteiger partial charge in [-0.05, 0) is 13.0 Å². The predicted molar refractivity (Wildman–Crippen MR) is 65.8 cm³/mol. The lowest BCUT2D eigenvalue weighted by Gasteiger charge is -2.22. The van der Waals surface area contributed by atoms with Gasteiger partial charge in [-0.15, -0.1) is 0 Å². The van der Waals surface area contributed by atoms with Gasteiger partial charge >= 0.3 is 6.18 Å². The number of halogens is 3. The Morgan fingerprint density at radius 2 is 2.20 bits per heavy atom. The Morgan fingerprint density at radius 3 is 2.75 bits per heavy atom.